The Hall–Kier alpha value is -5.48. The Labute approximate surface area is 299 Å². The predicted molar refractivity (Wildman–Crippen MR) is 193 cm³/mol. The molecular formula is C41H37N3O6S. The molecule has 2 aliphatic carbocycles. The lowest BCUT2D eigenvalue weighted by Crippen LogP contribution is -2.54. The Bertz CT molecular complexity index is 2090. The molecule has 0 radical (unpaired) electrons. The fraction of sp³-hybridized carbons (Fsp3) is 0.268. The van der Waals surface area contributed by atoms with Gasteiger partial charge in [0.05, 0.1) is 42.5 Å². The molecule has 4 aliphatic rings. The van der Waals surface area contributed by atoms with Crippen molar-refractivity contribution in [1.82, 2.24) is 9.91 Å². The Kier molecular flexibility index (Phi) is 8.14. The van der Waals surface area contributed by atoms with Gasteiger partial charge in [0, 0.05) is 10.8 Å². The van der Waals surface area contributed by atoms with Crippen molar-refractivity contribution in [3.05, 3.63) is 130 Å². The van der Waals surface area contributed by atoms with E-state index in [1.807, 2.05) is 97.3 Å². The average molecular weight is 700 g/mol. The summed E-state index contributed by atoms with van der Waals surface area (Å²) in [4.78, 5) is 60.3. The largest absolute Gasteiger partial charge is 0.504 e. The normalized spacial score (nSPS) is 27.0. The van der Waals surface area contributed by atoms with E-state index in [9.17, 15) is 19.5 Å². The highest BCUT2D eigenvalue weighted by atomic mass is 32.1. The van der Waals surface area contributed by atoms with E-state index in [1.54, 1.807) is 18.2 Å². The topological polar surface area (TPSA) is 116 Å². The summed E-state index contributed by atoms with van der Waals surface area (Å²) in [6.07, 6.45) is 6.48. The summed E-state index contributed by atoms with van der Waals surface area (Å²) in [5, 5.41) is 13.4. The SMILES string of the molecule is COc1cc(C=CC2C3=CCC4C(=O)N(Cc5cccs5)C(=O)C4C3CC3C(=O)N(Nc4ccc(C)cc4)C(=O)C23c2ccccc2)ccc1O. The summed E-state index contributed by atoms with van der Waals surface area (Å²) in [5.74, 6) is -3.93. The van der Waals surface area contributed by atoms with Crippen molar-refractivity contribution in [3.63, 3.8) is 0 Å². The molecule has 1 aromatic heterocycles. The standard InChI is InChI=1S/C41H37N3O6S/c1-24-10-14-27(15-11-24)42-44-38(47)33-22-31-29(16-17-30-36(31)39(48)43(37(30)46)23-28-9-6-20-51-28)32(18-12-25-13-19-34(45)35(21-25)50-2)41(33,40(44)49)26-7-4-3-5-8-26/h3-16,18-21,30-33,36,42,45H,17,22-23H2,1-2H3. The second-order valence-electron chi connectivity index (χ2n) is 13.8. The number of aryl methyl sites for hydroxylation is 1. The number of amides is 4. The van der Waals surface area contributed by atoms with Crippen LogP contribution in [0.3, 0.4) is 0 Å². The van der Waals surface area contributed by atoms with Gasteiger partial charge in [0.25, 0.3) is 11.8 Å². The zero-order valence-electron chi connectivity index (χ0n) is 28.2. The average Bonchev–Trinajstić information content (AvgIpc) is 3.81. The van der Waals surface area contributed by atoms with E-state index in [1.165, 1.54) is 23.3 Å². The van der Waals surface area contributed by atoms with Crippen LogP contribution >= 0.6 is 11.3 Å². The summed E-state index contributed by atoms with van der Waals surface area (Å²) >= 11 is 1.50. The van der Waals surface area contributed by atoms with Crippen molar-refractivity contribution in [1.29, 1.82) is 0 Å². The molecule has 6 unspecified atom stereocenters. The van der Waals surface area contributed by atoms with Gasteiger partial charge in [-0.1, -0.05) is 84.0 Å². The third-order valence-corrected chi connectivity index (χ3v) is 12.0. The number of hydrogen-bond acceptors (Lipinski definition) is 8. The van der Waals surface area contributed by atoms with Gasteiger partial charge < -0.3 is 9.84 Å². The maximum atomic E-state index is 15.2. The number of phenols is 1. The fourth-order valence-electron chi connectivity index (χ4n) is 8.78. The Morgan fingerprint density at radius 2 is 1.73 bits per heavy atom. The van der Waals surface area contributed by atoms with Crippen LogP contribution in [-0.4, -0.2) is 45.8 Å². The lowest BCUT2D eigenvalue weighted by atomic mass is 9.50. The van der Waals surface area contributed by atoms with Crippen LogP contribution in [0.5, 0.6) is 11.5 Å². The van der Waals surface area contributed by atoms with Gasteiger partial charge in [0.15, 0.2) is 11.5 Å². The number of hydrazine groups is 1. The Morgan fingerprint density at radius 1 is 0.941 bits per heavy atom. The number of benzene rings is 3. The third kappa shape index (κ3) is 5.19. The van der Waals surface area contributed by atoms with Gasteiger partial charge in [-0.15, -0.1) is 11.3 Å². The number of fused-ring (bicyclic) bond motifs is 4. The molecule has 0 bridgehead atoms. The maximum absolute atomic E-state index is 15.2. The molecule has 10 heteroatoms. The number of hydrogen-bond donors (Lipinski definition) is 2. The highest BCUT2D eigenvalue weighted by molar-refractivity contribution is 7.09. The lowest BCUT2D eigenvalue weighted by Gasteiger charge is -2.49. The summed E-state index contributed by atoms with van der Waals surface area (Å²) in [5.41, 5.74) is 5.74. The van der Waals surface area contributed by atoms with Gasteiger partial charge in [-0.3, -0.25) is 29.5 Å². The maximum Gasteiger partial charge on any atom is 0.260 e. The molecule has 6 atom stereocenters. The van der Waals surface area contributed by atoms with E-state index in [0.717, 1.165) is 26.6 Å². The van der Waals surface area contributed by atoms with Crippen molar-refractivity contribution in [3.8, 4) is 11.5 Å². The molecule has 2 aliphatic heterocycles. The van der Waals surface area contributed by atoms with Crippen molar-refractivity contribution >= 4 is 46.7 Å². The molecular weight excluding hydrogens is 663 g/mol. The van der Waals surface area contributed by atoms with Gasteiger partial charge in [-0.2, -0.15) is 5.01 Å². The number of likely N-dealkylation sites (tertiary alicyclic amines) is 1. The minimum atomic E-state index is -1.34. The van der Waals surface area contributed by atoms with Crippen LogP contribution in [0.2, 0.25) is 0 Å². The first-order valence-corrected chi connectivity index (χ1v) is 18.0. The number of carbonyl (C=O) groups excluding carboxylic acids is 4. The summed E-state index contributed by atoms with van der Waals surface area (Å²) in [7, 11) is 1.48. The first-order chi connectivity index (χ1) is 24.7. The molecule has 2 saturated heterocycles. The number of ether oxygens (including phenoxy) is 1. The molecule has 8 rings (SSSR count). The highest BCUT2D eigenvalue weighted by Crippen LogP contribution is 2.61. The van der Waals surface area contributed by atoms with Crippen molar-refractivity contribution in [2.45, 2.75) is 31.7 Å². The summed E-state index contributed by atoms with van der Waals surface area (Å²) < 4.78 is 5.37. The first-order valence-electron chi connectivity index (χ1n) is 17.1. The van der Waals surface area contributed by atoms with Crippen LogP contribution in [0.15, 0.2) is 108 Å². The van der Waals surface area contributed by atoms with Crippen LogP contribution in [0.25, 0.3) is 6.08 Å². The van der Waals surface area contributed by atoms with Gasteiger partial charge in [0.1, 0.15) is 0 Å². The van der Waals surface area contributed by atoms with Crippen molar-refractivity contribution in [2.75, 3.05) is 12.5 Å². The monoisotopic (exact) mass is 699 g/mol. The van der Waals surface area contributed by atoms with Crippen LogP contribution in [0.1, 0.15) is 34.4 Å². The second-order valence-corrected chi connectivity index (χ2v) is 14.8. The van der Waals surface area contributed by atoms with E-state index < -0.39 is 35.0 Å². The molecule has 2 N–H and O–H groups in total. The van der Waals surface area contributed by atoms with Crippen LogP contribution in [-0.2, 0) is 31.1 Å². The molecule has 4 amide bonds. The number of phenolic OH excluding ortho intramolecular Hbond substituents is 1. The number of allylic oxidation sites excluding steroid dienone is 3. The van der Waals surface area contributed by atoms with Crippen LogP contribution in [0.4, 0.5) is 5.69 Å². The van der Waals surface area contributed by atoms with E-state index >= 15 is 4.79 Å². The third-order valence-electron chi connectivity index (χ3n) is 11.1. The van der Waals surface area contributed by atoms with Gasteiger partial charge in [-0.25, -0.2) is 0 Å². The number of anilines is 1. The minimum absolute atomic E-state index is 0.000126. The molecule has 9 nitrogen and oxygen atoms in total. The molecule has 0 spiro atoms. The molecule has 3 fully saturated rings. The molecule has 1 saturated carbocycles. The molecule has 3 aromatic carbocycles. The van der Waals surface area contributed by atoms with Crippen molar-refractivity contribution in [2.24, 2.45) is 29.6 Å². The van der Waals surface area contributed by atoms with Crippen LogP contribution in [0, 0.1) is 36.5 Å². The number of carbonyl (C=O) groups is 4. The van der Waals surface area contributed by atoms with Gasteiger partial charge >= 0.3 is 0 Å². The van der Waals surface area contributed by atoms with Gasteiger partial charge in [0.2, 0.25) is 11.8 Å². The zero-order chi connectivity index (χ0) is 35.4. The number of aromatic hydroxyl groups is 1. The number of methoxy groups -OCH3 is 1. The molecule has 3 heterocycles. The fourth-order valence-corrected chi connectivity index (χ4v) is 9.47. The minimum Gasteiger partial charge on any atom is -0.504 e. The Balaban J connectivity index is 1.27. The number of imide groups is 2. The number of thiophene rings is 1. The number of nitrogens with zero attached hydrogens (tertiary/aromatic N) is 2. The van der Waals surface area contributed by atoms with E-state index in [2.05, 4.69) is 5.43 Å². The van der Waals surface area contributed by atoms with Crippen molar-refractivity contribution < 1.29 is 29.0 Å². The summed E-state index contributed by atoms with van der Waals surface area (Å²) in [6.45, 7) is 2.19. The van der Waals surface area contributed by atoms with Gasteiger partial charge in [-0.05, 0) is 72.5 Å². The Morgan fingerprint density at radius 3 is 2.45 bits per heavy atom. The molecule has 51 heavy (non-hydrogen) atoms. The summed E-state index contributed by atoms with van der Waals surface area (Å²) in [6, 6.07) is 25.8. The van der Waals surface area contributed by atoms with E-state index in [-0.39, 0.29) is 42.3 Å². The zero-order valence-corrected chi connectivity index (χ0v) is 29.0. The number of rotatable bonds is 8. The lowest BCUT2D eigenvalue weighted by molar-refractivity contribution is -0.141. The first kappa shape index (κ1) is 32.7. The van der Waals surface area contributed by atoms with Crippen LogP contribution < -0.4 is 10.2 Å². The smallest absolute Gasteiger partial charge is 0.260 e. The number of nitrogens with one attached hydrogen (secondary N) is 1. The predicted octanol–water partition coefficient (Wildman–Crippen LogP) is 6.50. The second kappa shape index (κ2) is 12.7. The molecule has 258 valence electrons. The quantitative estimate of drug-likeness (QED) is 0.159. The van der Waals surface area contributed by atoms with E-state index in [0.29, 0.717) is 23.4 Å². The molecule has 4 aromatic rings. The van der Waals surface area contributed by atoms with E-state index in [4.69, 9.17) is 4.74 Å². The highest BCUT2D eigenvalue weighted by Gasteiger charge is 2.69.